The Balaban J connectivity index is 0.00000162. The van der Waals surface area contributed by atoms with Gasteiger partial charge in [0.25, 0.3) is 0 Å². The maximum atomic E-state index is 4.07. The van der Waals surface area contributed by atoms with Gasteiger partial charge in [-0.3, -0.25) is 4.98 Å². The van der Waals surface area contributed by atoms with Crippen molar-refractivity contribution in [3.8, 4) is 0 Å². The fourth-order valence-electron chi connectivity index (χ4n) is 1.56. The Bertz CT molecular complexity index is 454. The van der Waals surface area contributed by atoms with Gasteiger partial charge in [-0.15, -0.1) is 0 Å². The van der Waals surface area contributed by atoms with Crippen molar-refractivity contribution in [1.82, 2.24) is 10.3 Å². The van der Waals surface area contributed by atoms with Crippen LogP contribution in [0.15, 0.2) is 60.9 Å². The molecule has 0 aliphatic carbocycles. The molecule has 0 aliphatic heterocycles. The van der Waals surface area contributed by atoms with Crippen molar-refractivity contribution >= 4 is 6.08 Å². The first-order valence-corrected chi connectivity index (χ1v) is 5.76. The van der Waals surface area contributed by atoms with Crippen LogP contribution >= 0.6 is 0 Å². The summed E-state index contributed by atoms with van der Waals surface area (Å²) in [4.78, 5) is 4.07. The predicted molar refractivity (Wildman–Crippen MR) is 71.4 cm³/mol. The van der Waals surface area contributed by atoms with E-state index in [1.54, 1.807) is 6.20 Å². The summed E-state index contributed by atoms with van der Waals surface area (Å²) >= 11 is 0. The number of nitrogens with one attached hydrogen (secondary N) is 1. The van der Waals surface area contributed by atoms with E-state index in [0.717, 1.165) is 13.1 Å². The number of aromatic nitrogens is 1. The van der Waals surface area contributed by atoms with Crippen LogP contribution in [0.3, 0.4) is 0 Å². The topological polar surface area (TPSA) is 24.9 Å². The summed E-state index contributed by atoms with van der Waals surface area (Å²) in [6.07, 6.45) is 7.93. The van der Waals surface area contributed by atoms with Crippen molar-refractivity contribution in [2.75, 3.05) is 6.54 Å². The molecular weight excluding hydrogens is 244 g/mol. The van der Waals surface area contributed by atoms with Crippen LogP contribution in [-0.4, -0.2) is 11.5 Å². The minimum atomic E-state index is 0. The van der Waals surface area contributed by atoms with E-state index < -0.39 is 0 Å². The fourth-order valence-corrected chi connectivity index (χ4v) is 1.56. The van der Waals surface area contributed by atoms with Gasteiger partial charge in [-0.2, -0.15) is 0 Å². The number of pyridine rings is 1. The Hall–Kier alpha value is -1.64. The van der Waals surface area contributed by atoms with Gasteiger partial charge in [0.15, 0.2) is 0 Å². The average Bonchev–Trinajstić information content (AvgIpc) is 2.41. The van der Waals surface area contributed by atoms with Crippen molar-refractivity contribution in [3.63, 3.8) is 0 Å². The summed E-state index contributed by atoms with van der Waals surface area (Å²) < 4.78 is 0. The van der Waals surface area contributed by atoms with E-state index in [-0.39, 0.29) is 12.4 Å². The smallest absolute Gasteiger partial charge is 0.0312 e. The monoisotopic (exact) mass is 259 g/mol. The second kappa shape index (κ2) is 8.45. The Labute approximate surface area is 114 Å². The number of halogens is 1. The number of hydrogen-bond acceptors (Lipinski definition) is 2. The number of hydrogen-bond donors (Lipinski definition) is 1. The molecule has 2 rings (SSSR count). The molecule has 0 fully saturated rings. The van der Waals surface area contributed by atoms with Crippen LogP contribution in [-0.2, 0) is 6.54 Å². The highest BCUT2D eigenvalue weighted by Gasteiger charge is 1.89. The van der Waals surface area contributed by atoms with E-state index in [1.807, 2.05) is 30.5 Å². The van der Waals surface area contributed by atoms with Crippen molar-refractivity contribution in [1.29, 1.82) is 0 Å². The van der Waals surface area contributed by atoms with Crippen LogP contribution in [0.2, 0.25) is 0 Å². The van der Waals surface area contributed by atoms with Gasteiger partial charge in [-0.1, -0.05) is 48.6 Å². The first-order valence-electron chi connectivity index (χ1n) is 5.76. The molecular formula is C15H16ClN2-. The minimum Gasteiger partial charge on any atom is -1.00 e. The van der Waals surface area contributed by atoms with Gasteiger partial charge in [0.1, 0.15) is 0 Å². The molecule has 2 nitrogen and oxygen atoms in total. The van der Waals surface area contributed by atoms with E-state index in [4.69, 9.17) is 0 Å². The van der Waals surface area contributed by atoms with Gasteiger partial charge in [0.05, 0.1) is 0 Å². The van der Waals surface area contributed by atoms with Gasteiger partial charge in [-0.25, -0.2) is 0 Å². The second-order valence-corrected chi connectivity index (χ2v) is 3.81. The molecule has 1 N–H and O–H groups in total. The summed E-state index contributed by atoms with van der Waals surface area (Å²) in [5.74, 6) is 0. The van der Waals surface area contributed by atoms with Crippen LogP contribution in [0.4, 0.5) is 0 Å². The molecule has 0 saturated carbocycles. The summed E-state index contributed by atoms with van der Waals surface area (Å²) in [7, 11) is 0. The van der Waals surface area contributed by atoms with Crippen molar-refractivity contribution in [3.05, 3.63) is 72.1 Å². The maximum absolute atomic E-state index is 4.07. The normalized spacial score (nSPS) is 10.2. The van der Waals surface area contributed by atoms with Crippen molar-refractivity contribution < 1.29 is 12.4 Å². The first kappa shape index (κ1) is 14.4. The summed E-state index contributed by atoms with van der Waals surface area (Å²) in [5.41, 5.74) is 2.44. The predicted octanol–water partition coefficient (Wildman–Crippen LogP) is -0.111. The highest BCUT2D eigenvalue weighted by Crippen LogP contribution is 2.00. The lowest BCUT2D eigenvalue weighted by Crippen LogP contribution is -3.00. The molecule has 0 aliphatic rings. The molecule has 1 aromatic heterocycles. The summed E-state index contributed by atoms with van der Waals surface area (Å²) in [5, 5.41) is 3.35. The van der Waals surface area contributed by atoms with Crippen LogP contribution in [0.5, 0.6) is 0 Å². The highest BCUT2D eigenvalue weighted by molar-refractivity contribution is 5.48. The number of benzene rings is 1. The van der Waals surface area contributed by atoms with Gasteiger partial charge >= 0.3 is 0 Å². The Morgan fingerprint density at radius 3 is 2.61 bits per heavy atom. The zero-order valence-corrected chi connectivity index (χ0v) is 10.8. The minimum absolute atomic E-state index is 0. The van der Waals surface area contributed by atoms with E-state index >= 15 is 0 Å². The standard InChI is InChI=1S/C15H16N2.ClH/c1-2-6-14(7-3-1)8-4-10-16-12-15-9-5-11-17-13-15;/h1-9,11,13,16H,10,12H2;1H/p-1/b8-4+;. The lowest BCUT2D eigenvalue weighted by Gasteiger charge is -2.00. The Morgan fingerprint density at radius 1 is 1.06 bits per heavy atom. The fraction of sp³-hybridized carbons (Fsp3) is 0.133. The third-order valence-corrected chi connectivity index (χ3v) is 2.42. The van der Waals surface area contributed by atoms with Crippen LogP contribution in [0.25, 0.3) is 6.08 Å². The van der Waals surface area contributed by atoms with Crippen LogP contribution in [0, 0.1) is 0 Å². The summed E-state index contributed by atoms with van der Waals surface area (Å²) in [6.45, 7) is 1.72. The molecule has 3 heteroatoms. The summed E-state index contributed by atoms with van der Waals surface area (Å²) in [6, 6.07) is 14.3. The molecule has 0 spiro atoms. The van der Waals surface area contributed by atoms with Crippen molar-refractivity contribution in [2.45, 2.75) is 6.54 Å². The SMILES string of the molecule is C(=C\c1ccccc1)/CNCc1cccnc1.[Cl-]. The molecule has 94 valence electrons. The van der Waals surface area contributed by atoms with Crippen LogP contribution < -0.4 is 17.7 Å². The quantitative estimate of drug-likeness (QED) is 0.758. The maximum Gasteiger partial charge on any atom is 0.0312 e. The third-order valence-electron chi connectivity index (χ3n) is 2.42. The van der Waals surface area contributed by atoms with Gasteiger partial charge in [0, 0.05) is 25.5 Å². The third kappa shape index (κ3) is 5.13. The van der Waals surface area contributed by atoms with Gasteiger partial charge in [0.2, 0.25) is 0 Å². The van der Waals surface area contributed by atoms with E-state index in [0.29, 0.717) is 0 Å². The first-order chi connectivity index (χ1) is 8.45. The molecule has 18 heavy (non-hydrogen) atoms. The number of rotatable bonds is 5. The molecule has 0 radical (unpaired) electrons. The van der Waals surface area contributed by atoms with Gasteiger partial charge in [-0.05, 0) is 17.2 Å². The second-order valence-electron chi connectivity index (χ2n) is 3.81. The Kier molecular flexibility index (Phi) is 6.77. The lowest BCUT2D eigenvalue weighted by molar-refractivity contribution is -0.00000345. The van der Waals surface area contributed by atoms with E-state index in [2.05, 4.69) is 40.7 Å². The molecule has 1 aromatic carbocycles. The van der Waals surface area contributed by atoms with Crippen LogP contribution in [0.1, 0.15) is 11.1 Å². The largest absolute Gasteiger partial charge is 1.00 e. The zero-order chi connectivity index (χ0) is 11.8. The molecule has 0 amide bonds. The molecule has 0 atom stereocenters. The molecule has 0 unspecified atom stereocenters. The lowest BCUT2D eigenvalue weighted by atomic mass is 10.2. The molecule has 1 heterocycles. The highest BCUT2D eigenvalue weighted by atomic mass is 35.5. The molecule has 0 bridgehead atoms. The number of nitrogens with zero attached hydrogens (tertiary/aromatic N) is 1. The van der Waals surface area contributed by atoms with E-state index in [9.17, 15) is 0 Å². The van der Waals surface area contributed by atoms with E-state index in [1.165, 1.54) is 11.1 Å². The molecule has 0 saturated heterocycles. The average molecular weight is 260 g/mol. The zero-order valence-electron chi connectivity index (χ0n) is 10.1. The van der Waals surface area contributed by atoms with Crippen molar-refractivity contribution in [2.24, 2.45) is 0 Å². The molecule has 2 aromatic rings. The van der Waals surface area contributed by atoms with Gasteiger partial charge < -0.3 is 17.7 Å². The Morgan fingerprint density at radius 2 is 1.89 bits per heavy atom.